The van der Waals surface area contributed by atoms with Gasteiger partial charge in [-0.3, -0.25) is 9.59 Å². The molecule has 1 aliphatic heterocycles. The number of hydrogen-bond acceptors (Lipinski definition) is 6. The van der Waals surface area contributed by atoms with E-state index in [2.05, 4.69) is 10.2 Å². The Morgan fingerprint density at radius 3 is 2.11 bits per heavy atom. The van der Waals surface area contributed by atoms with Crippen molar-refractivity contribution in [3.8, 4) is 17.2 Å². The van der Waals surface area contributed by atoms with Crippen LogP contribution >= 0.6 is 0 Å². The standard InChI is InChI=1S/C28H35N3O5/c1-34-22-12-9-21(10-13-22)30-14-16-31(17-15-30)28(33)25-7-5-4-6-24(25)27(32)29-19-20-8-11-23(35-2)18-26(20)36-3/h4-5,8-13,18,24-25H,6-7,14-17,19H2,1-3H3,(H,29,32). The van der Waals surface area contributed by atoms with Gasteiger partial charge in [-0.2, -0.15) is 0 Å². The maximum Gasteiger partial charge on any atom is 0.226 e. The fourth-order valence-electron chi connectivity index (χ4n) is 4.90. The highest BCUT2D eigenvalue weighted by Gasteiger charge is 2.37. The van der Waals surface area contributed by atoms with Crippen molar-refractivity contribution in [1.82, 2.24) is 10.2 Å². The molecule has 36 heavy (non-hydrogen) atoms. The zero-order chi connectivity index (χ0) is 25.5. The van der Waals surface area contributed by atoms with Gasteiger partial charge in [-0.1, -0.05) is 12.2 Å². The van der Waals surface area contributed by atoms with Crippen LogP contribution in [-0.2, 0) is 16.1 Å². The predicted molar refractivity (Wildman–Crippen MR) is 139 cm³/mol. The van der Waals surface area contributed by atoms with Crippen molar-refractivity contribution in [2.24, 2.45) is 11.8 Å². The molecule has 2 aromatic carbocycles. The molecule has 1 fully saturated rings. The first-order valence-corrected chi connectivity index (χ1v) is 12.4. The summed E-state index contributed by atoms with van der Waals surface area (Å²) in [6.45, 7) is 3.13. The third kappa shape index (κ3) is 5.75. The molecule has 0 saturated carbocycles. The van der Waals surface area contributed by atoms with Crippen molar-refractivity contribution in [2.75, 3.05) is 52.4 Å². The predicted octanol–water partition coefficient (Wildman–Crippen LogP) is 3.26. The third-order valence-electron chi connectivity index (χ3n) is 7.06. The smallest absolute Gasteiger partial charge is 0.226 e. The summed E-state index contributed by atoms with van der Waals surface area (Å²) >= 11 is 0. The Kier molecular flexibility index (Phi) is 8.36. The molecule has 8 nitrogen and oxygen atoms in total. The molecule has 2 atom stereocenters. The van der Waals surface area contributed by atoms with Gasteiger partial charge in [-0.05, 0) is 49.2 Å². The SMILES string of the molecule is COc1ccc(N2CCN(C(=O)C3CC=CCC3C(=O)NCc3ccc(OC)cc3OC)CC2)cc1. The maximum absolute atomic E-state index is 13.5. The summed E-state index contributed by atoms with van der Waals surface area (Å²) in [5.74, 6) is 1.40. The minimum atomic E-state index is -0.383. The Balaban J connectivity index is 1.35. The number of methoxy groups -OCH3 is 3. The number of carbonyl (C=O) groups excluding carboxylic acids is 2. The van der Waals surface area contributed by atoms with Crippen LogP contribution in [0, 0.1) is 11.8 Å². The van der Waals surface area contributed by atoms with E-state index in [1.807, 2.05) is 53.5 Å². The molecule has 2 unspecified atom stereocenters. The van der Waals surface area contributed by atoms with Crippen LogP contribution in [0.4, 0.5) is 5.69 Å². The zero-order valence-electron chi connectivity index (χ0n) is 21.2. The summed E-state index contributed by atoms with van der Waals surface area (Å²) in [5.41, 5.74) is 1.98. The molecule has 8 heteroatoms. The quantitative estimate of drug-likeness (QED) is 0.569. The number of carbonyl (C=O) groups is 2. The van der Waals surface area contributed by atoms with E-state index < -0.39 is 0 Å². The molecule has 1 heterocycles. The second-order valence-corrected chi connectivity index (χ2v) is 9.06. The van der Waals surface area contributed by atoms with Crippen LogP contribution in [0.25, 0.3) is 0 Å². The Labute approximate surface area is 212 Å². The summed E-state index contributed by atoms with van der Waals surface area (Å²) in [7, 11) is 4.85. The molecule has 1 aliphatic carbocycles. The maximum atomic E-state index is 13.5. The molecule has 192 valence electrons. The van der Waals surface area contributed by atoms with Crippen LogP contribution in [0.1, 0.15) is 18.4 Å². The largest absolute Gasteiger partial charge is 0.497 e. The number of ether oxygens (including phenoxy) is 3. The van der Waals surface area contributed by atoms with Gasteiger partial charge < -0.3 is 29.3 Å². The van der Waals surface area contributed by atoms with Crippen LogP contribution in [-0.4, -0.2) is 64.2 Å². The summed E-state index contributed by atoms with van der Waals surface area (Å²) in [5, 5.41) is 3.02. The summed E-state index contributed by atoms with van der Waals surface area (Å²) in [4.78, 5) is 30.9. The first-order valence-electron chi connectivity index (χ1n) is 12.4. The highest BCUT2D eigenvalue weighted by atomic mass is 16.5. The molecule has 0 spiro atoms. The molecule has 0 aromatic heterocycles. The topological polar surface area (TPSA) is 80.3 Å². The van der Waals surface area contributed by atoms with E-state index in [0.29, 0.717) is 44.0 Å². The van der Waals surface area contributed by atoms with E-state index in [1.165, 1.54) is 0 Å². The van der Waals surface area contributed by atoms with Crippen LogP contribution in [0.3, 0.4) is 0 Å². The van der Waals surface area contributed by atoms with Crippen molar-refractivity contribution >= 4 is 17.5 Å². The number of anilines is 1. The molecule has 1 N–H and O–H groups in total. The second kappa shape index (κ2) is 11.8. The molecular formula is C28H35N3O5. The Hall–Kier alpha value is -3.68. The molecule has 0 bridgehead atoms. The van der Waals surface area contributed by atoms with Crippen LogP contribution < -0.4 is 24.4 Å². The number of nitrogens with zero attached hydrogens (tertiary/aromatic N) is 2. The van der Waals surface area contributed by atoms with E-state index in [9.17, 15) is 9.59 Å². The van der Waals surface area contributed by atoms with Gasteiger partial charge in [0.15, 0.2) is 0 Å². The van der Waals surface area contributed by atoms with Gasteiger partial charge in [0.25, 0.3) is 0 Å². The fourth-order valence-corrected chi connectivity index (χ4v) is 4.90. The van der Waals surface area contributed by atoms with Crippen LogP contribution in [0.5, 0.6) is 17.2 Å². The Morgan fingerprint density at radius 2 is 1.47 bits per heavy atom. The lowest BCUT2D eigenvalue weighted by molar-refractivity contribution is -0.142. The molecule has 1 saturated heterocycles. The molecule has 4 rings (SSSR count). The number of benzene rings is 2. The normalized spacial score (nSPS) is 19.5. The van der Waals surface area contributed by atoms with E-state index in [4.69, 9.17) is 14.2 Å². The fraction of sp³-hybridized carbons (Fsp3) is 0.429. The van der Waals surface area contributed by atoms with Crippen LogP contribution in [0.15, 0.2) is 54.6 Å². The van der Waals surface area contributed by atoms with Crippen molar-refractivity contribution in [3.63, 3.8) is 0 Å². The Morgan fingerprint density at radius 1 is 0.833 bits per heavy atom. The molecule has 2 aromatic rings. The van der Waals surface area contributed by atoms with Crippen molar-refractivity contribution in [3.05, 3.63) is 60.2 Å². The average molecular weight is 494 g/mol. The van der Waals surface area contributed by atoms with Crippen molar-refractivity contribution in [1.29, 1.82) is 0 Å². The number of rotatable bonds is 8. The monoisotopic (exact) mass is 493 g/mol. The number of hydrogen-bond donors (Lipinski definition) is 1. The van der Waals surface area contributed by atoms with Gasteiger partial charge in [0.1, 0.15) is 17.2 Å². The minimum Gasteiger partial charge on any atom is -0.497 e. The van der Waals surface area contributed by atoms with Gasteiger partial charge in [0.05, 0.1) is 33.2 Å². The van der Waals surface area contributed by atoms with Gasteiger partial charge >= 0.3 is 0 Å². The number of piperazine rings is 1. The van der Waals surface area contributed by atoms with Gasteiger partial charge in [0.2, 0.25) is 11.8 Å². The van der Waals surface area contributed by atoms with Crippen LogP contribution in [0.2, 0.25) is 0 Å². The minimum absolute atomic E-state index is 0.0657. The average Bonchev–Trinajstić information content (AvgIpc) is 2.95. The lowest BCUT2D eigenvalue weighted by atomic mass is 9.81. The third-order valence-corrected chi connectivity index (χ3v) is 7.06. The summed E-state index contributed by atoms with van der Waals surface area (Å²) < 4.78 is 15.9. The summed E-state index contributed by atoms with van der Waals surface area (Å²) in [6, 6.07) is 13.5. The van der Waals surface area contributed by atoms with Gasteiger partial charge in [-0.15, -0.1) is 0 Å². The van der Waals surface area contributed by atoms with E-state index in [0.717, 1.165) is 30.1 Å². The van der Waals surface area contributed by atoms with E-state index in [-0.39, 0.29) is 23.7 Å². The lowest BCUT2D eigenvalue weighted by Crippen LogP contribution is -2.52. The highest BCUT2D eigenvalue weighted by molar-refractivity contribution is 5.88. The van der Waals surface area contributed by atoms with E-state index in [1.54, 1.807) is 27.4 Å². The van der Waals surface area contributed by atoms with Gasteiger partial charge in [-0.25, -0.2) is 0 Å². The lowest BCUT2D eigenvalue weighted by Gasteiger charge is -2.39. The molecule has 0 radical (unpaired) electrons. The summed E-state index contributed by atoms with van der Waals surface area (Å²) in [6.07, 6.45) is 5.17. The number of amides is 2. The first kappa shape index (κ1) is 25.4. The first-order chi connectivity index (χ1) is 17.5. The molecule has 2 amide bonds. The van der Waals surface area contributed by atoms with E-state index >= 15 is 0 Å². The second-order valence-electron chi connectivity index (χ2n) is 9.06. The number of allylic oxidation sites excluding steroid dienone is 2. The molecule has 2 aliphatic rings. The zero-order valence-corrected chi connectivity index (χ0v) is 21.2. The highest BCUT2D eigenvalue weighted by Crippen LogP contribution is 2.30. The van der Waals surface area contributed by atoms with Crippen molar-refractivity contribution in [2.45, 2.75) is 19.4 Å². The Bertz CT molecular complexity index is 1080. The van der Waals surface area contributed by atoms with Gasteiger partial charge in [0, 0.05) is 50.0 Å². The number of nitrogens with one attached hydrogen (secondary N) is 1. The van der Waals surface area contributed by atoms with Crippen molar-refractivity contribution < 1.29 is 23.8 Å². The molecular weight excluding hydrogens is 458 g/mol.